The van der Waals surface area contributed by atoms with Crippen molar-refractivity contribution in [1.82, 2.24) is 15.1 Å². The quantitative estimate of drug-likeness (QED) is 0.741. The minimum absolute atomic E-state index is 0. The van der Waals surface area contributed by atoms with Gasteiger partial charge in [-0.2, -0.15) is 0 Å². The number of fused-ring (bicyclic) bond motifs is 2. The lowest BCUT2D eigenvalue weighted by atomic mass is 9.91. The molecule has 4 rings (SSSR count). The van der Waals surface area contributed by atoms with E-state index in [0.717, 1.165) is 35.3 Å². The number of amides is 4. The van der Waals surface area contributed by atoms with Crippen molar-refractivity contribution in [3.8, 4) is 0 Å². The largest absolute Gasteiger partial charge is 0.337 e. The van der Waals surface area contributed by atoms with Gasteiger partial charge in [-0.15, -0.1) is 12.4 Å². The lowest BCUT2D eigenvalue weighted by Crippen LogP contribution is -2.53. The molecule has 0 saturated carbocycles. The maximum atomic E-state index is 13.2. The molecule has 7 nitrogen and oxygen atoms in total. The molecule has 4 amide bonds. The average molecular weight is 407 g/mol. The molecule has 3 atom stereocenters. The van der Waals surface area contributed by atoms with Gasteiger partial charge < -0.3 is 16.0 Å². The fourth-order valence-corrected chi connectivity index (χ4v) is 4.76. The molecule has 1 aromatic rings. The van der Waals surface area contributed by atoms with Crippen LogP contribution in [0.25, 0.3) is 0 Å². The summed E-state index contributed by atoms with van der Waals surface area (Å²) >= 11 is 0. The maximum Gasteiger partial charge on any atom is 0.325 e. The van der Waals surface area contributed by atoms with Crippen molar-refractivity contribution >= 4 is 30.3 Å². The summed E-state index contributed by atoms with van der Waals surface area (Å²) in [7, 11) is 0. The van der Waals surface area contributed by atoms with E-state index in [4.69, 9.17) is 5.73 Å². The maximum absolute atomic E-state index is 13.2. The number of imide groups is 1. The van der Waals surface area contributed by atoms with E-state index in [0.29, 0.717) is 25.4 Å². The van der Waals surface area contributed by atoms with Crippen molar-refractivity contribution in [2.24, 2.45) is 11.7 Å². The Labute approximate surface area is 171 Å². The van der Waals surface area contributed by atoms with E-state index >= 15 is 0 Å². The van der Waals surface area contributed by atoms with Gasteiger partial charge in [0.15, 0.2) is 0 Å². The van der Waals surface area contributed by atoms with Crippen molar-refractivity contribution in [2.45, 2.75) is 44.2 Å². The molecule has 1 aromatic carbocycles. The summed E-state index contributed by atoms with van der Waals surface area (Å²) in [6.45, 7) is 2.95. The molecule has 3 unspecified atom stereocenters. The highest BCUT2D eigenvalue weighted by Crippen LogP contribution is 2.41. The predicted octanol–water partition coefficient (Wildman–Crippen LogP) is 1.39. The number of hydrogen-bond donors (Lipinski definition) is 2. The van der Waals surface area contributed by atoms with Crippen molar-refractivity contribution in [1.29, 1.82) is 0 Å². The van der Waals surface area contributed by atoms with Crippen LogP contribution in [0.2, 0.25) is 0 Å². The first-order valence-electron chi connectivity index (χ1n) is 9.68. The Balaban J connectivity index is 0.00000225. The molecule has 1 spiro atoms. The lowest BCUT2D eigenvalue weighted by molar-refractivity contribution is -0.141. The Bertz CT molecular complexity index is 801. The molecule has 0 bridgehead atoms. The Morgan fingerprint density at radius 1 is 1.32 bits per heavy atom. The first-order valence-corrected chi connectivity index (χ1v) is 9.68. The van der Waals surface area contributed by atoms with Crippen LogP contribution in [0, 0.1) is 5.92 Å². The third kappa shape index (κ3) is 3.16. The molecule has 3 N–H and O–H groups in total. The van der Waals surface area contributed by atoms with Gasteiger partial charge in [-0.3, -0.25) is 14.5 Å². The van der Waals surface area contributed by atoms with Crippen LogP contribution in [-0.2, 0) is 21.5 Å². The summed E-state index contributed by atoms with van der Waals surface area (Å²) in [5.41, 5.74) is 6.76. The molecule has 8 heteroatoms. The number of nitrogens with two attached hydrogens (primary N) is 1. The van der Waals surface area contributed by atoms with E-state index in [1.807, 2.05) is 24.3 Å². The second-order valence-electron chi connectivity index (χ2n) is 7.99. The third-order valence-corrected chi connectivity index (χ3v) is 6.29. The molecule has 2 aliphatic heterocycles. The van der Waals surface area contributed by atoms with E-state index in [-0.39, 0.29) is 36.8 Å². The Kier molecular flexibility index (Phi) is 5.68. The number of hydrogen-bond acceptors (Lipinski definition) is 4. The molecular weight excluding hydrogens is 380 g/mol. The summed E-state index contributed by atoms with van der Waals surface area (Å²) in [4.78, 5) is 41.4. The van der Waals surface area contributed by atoms with Crippen LogP contribution < -0.4 is 11.1 Å². The predicted molar refractivity (Wildman–Crippen MR) is 107 cm³/mol. The van der Waals surface area contributed by atoms with E-state index in [1.165, 1.54) is 0 Å². The highest BCUT2D eigenvalue weighted by Gasteiger charge is 2.55. The number of urea groups is 1. The highest BCUT2D eigenvalue weighted by molar-refractivity contribution is 6.09. The van der Waals surface area contributed by atoms with Crippen molar-refractivity contribution < 1.29 is 14.4 Å². The number of piperidine rings is 1. The first-order chi connectivity index (χ1) is 13.0. The van der Waals surface area contributed by atoms with Gasteiger partial charge in [-0.25, -0.2) is 4.79 Å². The number of nitrogens with zero attached hydrogens (tertiary/aromatic N) is 2. The normalized spacial score (nSPS) is 28.9. The highest BCUT2D eigenvalue weighted by atomic mass is 35.5. The number of nitrogens with one attached hydrogen (secondary N) is 1. The molecule has 3 aliphatic rings. The summed E-state index contributed by atoms with van der Waals surface area (Å²) < 4.78 is 0. The van der Waals surface area contributed by atoms with Gasteiger partial charge in [0.2, 0.25) is 5.91 Å². The average Bonchev–Trinajstić information content (AvgIpc) is 3.15. The summed E-state index contributed by atoms with van der Waals surface area (Å²) in [5, 5.41) is 2.87. The molecule has 28 heavy (non-hydrogen) atoms. The van der Waals surface area contributed by atoms with E-state index in [9.17, 15) is 14.4 Å². The third-order valence-electron chi connectivity index (χ3n) is 6.29. The fourth-order valence-electron chi connectivity index (χ4n) is 4.76. The number of rotatable bonds is 3. The topological polar surface area (TPSA) is 95.7 Å². The summed E-state index contributed by atoms with van der Waals surface area (Å²) in [6, 6.07) is 7.17. The standard InChI is InChI=1S/C20H26N4O3.ClH/c1-13-7-9-23(15(10-13)11-21)17(25)12-24-18(26)20(22-19(24)27)8-6-14-4-2-3-5-16(14)20;/h2-5,13,15H,6-12,21H2,1H3,(H,22,27);1H. The second kappa shape index (κ2) is 7.72. The lowest BCUT2D eigenvalue weighted by Gasteiger charge is -2.38. The van der Waals surface area contributed by atoms with Crippen LogP contribution in [0.4, 0.5) is 4.79 Å². The van der Waals surface area contributed by atoms with Crippen LogP contribution in [0.5, 0.6) is 0 Å². The van der Waals surface area contributed by atoms with Crippen LogP contribution in [0.1, 0.15) is 37.3 Å². The molecule has 0 radical (unpaired) electrons. The smallest absolute Gasteiger partial charge is 0.325 e. The van der Waals surface area contributed by atoms with E-state index < -0.39 is 11.6 Å². The molecular formula is C20H27ClN4O3. The van der Waals surface area contributed by atoms with Crippen LogP contribution in [0.15, 0.2) is 24.3 Å². The number of likely N-dealkylation sites (tertiary alicyclic amines) is 1. The van der Waals surface area contributed by atoms with Crippen LogP contribution in [-0.4, -0.2) is 53.3 Å². The summed E-state index contributed by atoms with van der Waals surface area (Å²) in [5.74, 6) is 0.00207. The molecule has 2 fully saturated rings. The van der Waals surface area contributed by atoms with Gasteiger partial charge in [-0.1, -0.05) is 31.2 Å². The van der Waals surface area contributed by atoms with Crippen LogP contribution >= 0.6 is 12.4 Å². The van der Waals surface area contributed by atoms with Crippen molar-refractivity contribution in [3.63, 3.8) is 0 Å². The fraction of sp³-hybridized carbons (Fsp3) is 0.550. The second-order valence-corrected chi connectivity index (χ2v) is 7.99. The number of carbonyl (C=O) groups is 3. The summed E-state index contributed by atoms with van der Waals surface area (Å²) in [6.07, 6.45) is 3.05. The minimum Gasteiger partial charge on any atom is -0.337 e. The molecule has 2 saturated heterocycles. The van der Waals surface area contributed by atoms with Crippen molar-refractivity contribution in [3.05, 3.63) is 35.4 Å². The van der Waals surface area contributed by atoms with Crippen molar-refractivity contribution in [2.75, 3.05) is 19.6 Å². The number of aryl methyl sites for hydroxylation is 1. The van der Waals surface area contributed by atoms with E-state index in [1.54, 1.807) is 4.90 Å². The Morgan fingerprint density at radius 2 is 2.07 bits per heavy atom. The Hall–Kier alpha value is -2.12. The zero-order valence-corrected chi connectivity index (χ0v) is 16.8. The molecule has 2 heterocycles. The monoisotopic (exact) mass is 406 g/mol. The van der Waals surface area contributed by atoms with E-state index in [2.05, 4.69) is 12.2 Å². The zero-order valence-electron chi connectivity index (χ0n) is 16.0. The van der Waals surface area contributed by atoms with Gasteiger partial charge in [-0.05, 0) is 42.7 Å². The SMILES string of the molecule is CC1CCN(C(=O)CN2C(=O)NC3(CCc4ccccc43)C2=O)C(CN)C1.Cl. The Morgan fingerprint density at radius 3 is 2.82 bits per heavy atom. The van der Waals surface area contributed by atoms with Gasteiger partial charge in [0.25, 0.3) is 5.91 Å². The number of carbonyl (C=O) groups excluding carboxylic acids is 3. The first kappa shape index (κ1) is 20.6. The van der Waals surface area contributed by atoms with Gasteiger partial charge in [0.1, 0.15) is 12.1 Å². The van der Waals surface area contributed by atoms with Gasteiger partial charge >= 0.3 is 6.03 Å². The molecule has 1 aliphatic carbocycles. The van der Waals surface area contributed by atoms with Gasteiger partial charge in [0.05, 0.1) is 0 Å². The molecule has 152 valence electrons. The number of halogens is 1. The zero-order chi connectivity index (χ0) is 19.2. The minimum atomic E-state index is -1.02. The van der Waals surface area contributed by atoms with Crippen LogP contribution in [0.3, 0.4) is 0 Å². The van der Waals surface area contributed by atoms with Gasteiger partial charge in [0, 0.05) is 19.1 Å². The molecule has 0 aromatic heterocycles. The number of benzene rings is 1.